The van der Waals surface area contributed by atoms with E-state index in [2.05, 4.69) is 42.4 Å². The van der Waals surface area contributed by atoms with Crippen molar-refractivity contribution in [1.82, 2.24) is 5.32 Å². The van der Waals surface area contributed by atoms with Crippen molar-refractivity contribution in [3.8, 4) is 12.3 Å². The van der Waals surface area contributed by atoms with Crippen LogP contribution in [-0.4, -0.2) is 12.3 Å². The van der Waals surface area contributed by atoms with Crippen molar-refractivity contribution >= 4 is 11.8 Å². The molecule has 0 fully saturated rings. The van der Waals surface area contributed by atoms with Gasteiger partial charge >= 0.3 is 0 Å². The van der Waals surface area contributed by atoms with Gasteiger partial charge in [0.2, 0.25) is 0 Å². The summed E-state index contributed by atoms with van der Waals surface area (Å²) in [6.07, 6.45) is 5.21. The lowest BCUT2D eigenvalue weighted by Crippen LogP contribution is -2.11. The molecule has 0 bridgehead atoms. The molecular weight excluding hydrogens is 190 g/mol. The summed E-state index contributed by atoms with van der Waals surface area (Å²) in [6, 6.07) is 8.48. The van der Waals surface area contributed by atoms with Gasteiger partial charge in [-0.2, -0.15) is 0 Å². The number of rotatable bonds is 5. The van der Waals surface area contributed by atoms with Gasteiger partial charge < -0.3 is 5.32 Å². The van der Waals surface area contributed by atoms with Crippen molar-refractivity contribution in [3.63, 3.8) is 0 Å². The predicted molar refractivity (Wildman–Crippen MR) is 63.4 cm³/mol. The van der Waals surface area contributed by atoms with E-state index in [1.807, 2.05) is 0 Å². The Kier molecular flexibility index (Phi) is 5.21. The highest BCUT2D eigenvalue weighted by molar-refractivity contribution is 7.99. The normalized spacial score (nSPS) is 9.71. The third-order valence-electron chi connectivity index (χ3n) is 1.80. The highest BCUT2D eigenvalue weighted by Crippen LogP contribution is 2.18. The fourth-order valence-electron chi connectivity index (χ4n) is 1.14. The number of terminal acetylenes is 1. The molecule has 74 valence electrons. The summed E-state index contributed by atoms with van der Waals surface area (Å²) in [5, 5.41) is 3.30. The molecule has 0 radical (unpaired) electrons. The van der Waals surface area contributed by atoms with E-state index >= 15 is 0 Å². The number of benzene rings is 1. The van der Waals surface area contributed by atoms with Crippen molar-refractivity contribution in [2.75, 3.05) is 12.3 Å². The van der Waals surface area contributed by atoms with Crippen LogP contribution in [0.3, 0.4) is 0 Å². The van der Waals surface area contributed by atoms with Gasteiger partial charge in [0.05, 0.1) is 5.75 Å². The van der Waals surface area contributed by atoms with E-state index in [1.165, 1.54) is 10.5 Å². The monoisotopic (exact) mass is 205 g/mol. The molecule has 0 spiro atoms. The van der Waals surface area contributed by atoms with Crippen LogP contribution in [-0.2, 0) is 6.54 Å². The van der Waals surface area contributed by atoms with E-state index in [1.54, 1.807) is 11.8 Å². The second-order valence-corrected chi connectivity index (χ2v) is 3.97. The van der Waals surface area contributed by atoms with Gasteiger partial charge in [-0.3, -0.25) is 0 Å². The third-order valence-corrected chi connectivity index (χ3v) is 2.70. The fraction of sp³-hybridized carbons (Fsp3) is 0.333. The molecule has 14 heavy (non-hydrogen) atoms. The molecule has 1 N–H and O–H groups in total. The van der Waals surface area contributed by atoms with Crippen LogP contribution in [0, 0.1) is 12.3 Å². The van der Waals surface area contributed by atoms with Crippen LogP contribution in [0.1, 0.15) is 12.5 Å². The molecule has 0 saturated heterocycles. The van der Waals surface area contributed by atoms with Crippen LogP contribution < -0.4 is 5.32 Å². The first-order valence-electron chi connectivity index (χ1n) is 4.72. The van der Waals surface area contributed by atoms with Crippen LogP contribution >= 0.6 is 11.8 Å². The maximum absolute atomic E-state index is 5.21. The Morgan fingerprint density at radius 3 is 3.07 bits per heavy atom. The van der Waals surface area contributed by atoms with Gasteiger partial charge in [-0.15, -0.1) is 18.2 Å². The van der Waals surface area contributed by atoms with E-state index in [9.17, 15) is 0 Å². The molecule has 0 amide bonds. The average Bonchev–Trinajstić information content (AvgIpc) is 2.24. The Morgan fingerprint density at radius 2 is 2.36 bits per heavy atom. The van der Waals surface area contributed by atoms with Gasteiger partial charge in [0.25, 0.3) is 0 Å². The minimum atomic E-state index is 0.741. The van der Waals surface area contributed by atoms with Crippen molar-refractivity contribution in [2.24, 2.45) is 0 Å². The maximum atomic E-state index is 5.21. The summed E-state index contributed by atoms with van der Waals surface area (Å²) >= 11 is 1.70. The number of hydrogen-bond acceptors (Lipinski definition) is 2. The third kappa shape index (κ3) is 3.87. The van der Waals surface area contributed by atoms with Crippen molar-refractivity contribution in [2.45, 2.75) is 18.4 Å². The molecular formula is C12H15NS. The van der Waals surface area contributed by atoms with Crippen LogP contribution in [0.4, 0.5) is 0 Å². The Bertz CT molecular complexity index is 314. The van der Waals surface area contributed by atoms with E-state index in [0.717, 1.165) is 18.8 Å². The van der Waals surface area contributed by atoms with Crippen molar-refractivity contribution < 1.29 is 0 Å². The van der Waals surface area contributed by atoms with Crippen LogP contribution in [0.5, 0.6) is 0 Å². The Morgan fingerprint density at radius 1 is 1.50 bits per heavy atom. The highest BCUT2D eigenvalue weighted by atomic mass is 32.2. The second-order valence-electron chi connectivity index (χ2n) is 2.92. The minimum Gasteiger partial charge on any atom is -0.313 e. The average molecular weight is 205 g/mol. The van der Waals surface area contributed by atoms with E-state index in [0.29, 0.717) is 0 Å². The maximum Gasteiger partial charge on any atom is 0.0592 e. The van der Waals surface area contributed by atoms with Gasteiger partial charge in [-0.05, 0) is 24.2 Å². The standard InChI is InChI=1S/C12H15NS/c1-3-8-14-12-7-5-6-11(9-12)10-13-4-2/h1,5-7,9,13H,4,8,10H2,2H3. The van der Waals surface area contributed by atoms with E-state index < -0.39 is 0 Å². The van der Waals surface area contributed by atoms with Crippen LogP contribution in [0.15, 0.2) is 29.2 Å². The van der Waals surface area contributed by atoms with Crippen molar-refractivity contribution in [1.29, 1.82) is 0 Å². The zero-order valence-electron chi connectivity index (χ0n) is 8.42. The molecule has 0 unspecified atom stereocenters. The number of nitrogens with one attached hydrogen (secondary N) is 1. The molecule has 0 atom stereocenters. The first-order valence-corrected chi connectivity index (χ1v) is 5.71. The summed E-state index contributed by atoms with van der Waals surface area (Å²) in [7, 11) is 0. The Hall–Kier alpha value is -0.910. The zero-order chi connectivity index (χ0) is 10.2. The molecule has 0 aliphatic rings. The quantitative estimate of drug-likeness (QED) is 0.585. The summed E-state index contributed by atoms with van der Waals surface area (Å²) < 4.78 is 0. The first-order chi connectivity index (χ1) is 6.86. The topological polar surface area (TPSA) is 12.0 Å². The highest BCUT2D eigenvalue weighted by Gasteiger charge is 1.95. The lowest BCUT2D eigenvalue weighted by molar-refractivity contribution is 0.725. The molecule has 0 aromatic heterocycles. The zero-order valence-corrected chi connectivity index (χ0v) is 9.23. The summed E-state index contributed by atoms with van der Waals surface area (Å²) in [4.78, 5) is 1.25. The van der Waals surface area contributed by atoms with Crippen LogP contribution in [0.2, 0.25) is 0 Å². The number of thioether (sulfide) groups is 1. The minimum absolute atomic E-state index is 0.741. The number of hydrogen-bond donors (Lipinski definition) is 1. The largest absolute Gasteiger partial charge is 0.313 e. The molecule has 0 saturated carbocycles. The van der Waals surface area contributed by atoms with E-state index in [-0.39, 0.29) is 0 Å². The molecule has 0 aliphatic carbocycles. The fourth-order valence-corrected chi connectivity index (χ4v) is 1.80. The molecule has 1 aromatic carbocycles. The smallest absolute Gasteiger partial charge is 0.0592 e. The second kappa shape index (κ2) is 6.53. The Labute approximate surface area is 90.3 Å². The summed E-state index contributed by atoms with van der Waals surface area (Å²) in [5.74, 6) is 3.37. The molecule has 0 heterocycles. The van der Waals surface area contributed by atoms with Gasteiger partial charge in [-0.25, -0.2) is 0 Å². The summed E-state index contributed by atoms with van der Waals surface area (Å²) in [5.41, 5.74) is 1.31. The van der Waals surface area contributed by atoms with E-state index in [4.69, 9.17) is 6.42 Å². The molecule has 1 aromatic rings. The molecule has 0 aliphatic heterocycles. The van der Waals surface area contributed by atoms with Crippen molar-refractivity contribution in [3.05, 3.63) is 29.8 Å². The van der Waals surface area contributed by atoms with Crippen LogP contribution in [0.25, 0.3) is 0 Å². The lowest BCUT2D eigenvalue weighted by atomic mass is 10.2. The van der Waals surface area contributed by atoms with Gasteiger partial charge in [0.15, 0.2) is 0 Å². The lowest BCUT2D eigenvalue weighted by Gasteiger charge is -2.04. The summed E-state index contributed by atoms with van der Waals surface area (Å²) in [6.45, 7) is 4.04. The van der Waals surface area contributed by atoms with Gasteiger partial charge in [0, 0.05) is 11.4 Å². The molecule has 1 nitrogen and oxygen atoms in total. The SMILES string of the molecule is C#CCSc1cccc(CNCC)c1. The van der Waals surface area contributed by atoms with Gasteiger partial charge in [-0.1, -0.05) is 25.0 Å². The first kappa shape index (κ1) is 11.2. The molecule has 2 heteroatoms. The molecule has 1 rings (SSSR count). The predicted octanol–water partition coefficient (Wildman–Crippen LogP) is 2.52. The Balaban J connectivity index is 2.55. The van der Waals surface area contributed by atoms with Gasteiger partial charge in [0.1, 0.15) is 0 Å².